The topological polar surface area (TPSA) is 40.5 Å². The molecule has 0 amide bonds. The van der Waals surface area contributed by atoms with Crippen LogP contribution in [0.2, 0.25) is 0 Å². The average molecular weight is 152 g/mol. The van der Waals surface area contributed by atoms with Crippen molar-refractivity contribution >= 4 is 0 Å². The second-order valence-electron chi connectivity index (χ2n) is 2.90. The Kier molecular flexibility index (Phi) is 2.03. The van der Waals surface area contributed by atoms with Crippen LogP contribution in [0.5, 0.6) is 11.5 Å². The lowest BCUT2D eigenvalue weighted by Gasteiger charge is -2.07. The maximum atomic E-state index is 9.29. The Morgan fingerprint density at radius 2 is 1.82 bits per heavy atom. The van der Waals surface area contributed by atoms with Crippen molar-refractivity contribution in [1.82, 2.24) is 0 Å². The van der Waals surface area contributed by atoms with Gasteiger partial charge in [-0.25, -0.2) is 0 Å². The van der Waals surface area contributed by atoms with Crippen molar-refractivity contribution in [1.29, 1.82) is 0 Å². The molecule has 0 heterocycles. The molecule has 1 rings (SSSR count). The van der Waals surface area contributed by atoms with Gasteiger partial charge in [0.1, 0.15) is 11.5 Å². The van der Waals surface area contributed by atoms with E-state index < -0.39 is 0 Å². The molecule has 2 heteroatoms. The third-order valence-electron chi connectivity index (χ3n) is 1.63. The van der Waals surface area contributed by atoms with E-state index in [-0.39, 0.29) is 17.4 Å². The summed E-state index contributed by atoms with van der Waals surface area (Å²) >= 11 is 0. The molecule has 0 saturated heterocycles. The molecule has 60 valence electrons. The predicted molar refractivity (Wildman–Crippen MR) is 43.9 cm³/mol. The van der Waals surface area contributed by atoms with E-state index in [9.17, 15) is 5.11 Å². The van der Waals surface area contributed by atoms with E-state index in [2.05, 4.69) is 0 Å². The molecule has 0 aliphatic heterocycles. The maximum absolute atomic E-state index is 9.29. The van der Waals surface area contributed by atoms with E-state index >= 15 is 0 Å². The minimum Gasteiger partial charge on any atom is -0.508 e. The number of hydrogen-bond acceptors (Lipinski definition) is 2. The van der Waals surface area contributed by atoms with Crippen molar-refractivity contribution in [3.63, 3.8) is 0 Å². The van der Waals surface area contributed by atoms with Crippen LogP contribution in [0.4, 0.5) is 0 Å². The molecular formula is C9H12O2. The van der Waals surface area contributed by atoms with E-state index in [4.69, 9.17) is 5.11 Å². The summed E-state index contributed by atoms with van der Waals surface area (Å²) in [5.74, 6) is 0.686. The molecule has 0 aliphatic rings. The first-order valence-corrected chi connectivity index (χ1v) is 3.63. The zero-order valence-electron chi connectivity index (χ0n) is 6.70. The van der Waals surface area contributed by atoms with Gasteiger partial charge in [0.05, 0.1) is 0 Å². The Labute approximate surface area is 66.1 Å². The third kappa shape index (κ3) is 1.64. The number of rotatable bonds is 1. The van der Waals surface area contributed by atoms with Crippen molar-refractivity contribution in [2.45, 2.75) is 19.8 Å². The molecule has 0 aromatic heterocycles. The molecule has 0 bridgehead atoms. The highest BCUT2D eigenvalue weighted by Crippen LogP contribution is 2.28. The van der Waals surface area contributed by atoms with Crippen LogP contribution in [0.3, 0.4) is 0 Å². The van der Waals surface area contributed by atoms with Gasteiger partial charge < -0.3 is 10.2 Å². The highest BCUT2D eigenvalue weighted by atomic mass is 16.3. The summed E-state index contributed by atoms with van der Waals surface area (Å²) in [6, 6.07) is 4.56. The molecule has 0 radical (unpaired) electrons. The van der Waals surface area contributed by atoms with E-state index in [1.165, 1.54) is 12.1 Å². The number of hydrogen-bond donors (Lipinski definition) is 2. The fourth-order valence-electron chi connectivity index (χ4n) is 1.00. The number of benzene rings is 1. The van der Waals surface area contributed by atoms with Gasteiger partial charge in [0.2, 0.25) is 0 Å². The molecule has 0 aliphatic carbocycles. The van der Waals surface area contributed by atoms with E-state index in [1.54, 1.807) is 6.07 Å². The van der Waals surface area contributed by atoms with E-state index in [0.717, 1.165) is 5.56 Å². The van der Waals surface area contributed by atoms with Crippen LogP contribution < -0.4 is 0 Å². The number of aromatic hydroxyl groups is 2. The summed E-state index contributed by atoms with van der Waals surface area (Å²) in [4.78, 5) is 0. The smallest absolute Gasteiger partial charge is 0.119 e. The van der Waals surface area contributed by atoms with Crippen LogP contribution in [-0.2, 0) is 0 Å². The fourth-order valence-corrected chi connectivity index (χ4v) is 1.00. The Morgan fingerprint density at radius 3 is 2.27 bits per heavy atom. The standard InChI is InChI=1S/C9H12O2/c1-6(2)8-5-7(10)3-4-9(8)11/h3-6,10-11H,1-2H3. The molecule has 0 unspecified atom stereocenters. The van der Waals surface area contributed by atoms with Gasteiger partial charge in [0, 0.05) is 5.56 Å². The first-order valence-electron chi connectivity index (χ1n) is 3.63. The van der Waals surface area contributed by atoms with Crippen LogP contribution in [0.15, 0.2) is 18.2 Å². The Hall–Kier alpha value is -1.18. The predicted octanol–water partition coefficient (Wildman–Crippen LogP) is 2.22. The molecule has 2 N–H and O–H groups in total. The minimum absolute atomic E-state index is 0.200. The molecule has 2 nitrogen and oxygen atoms in total. The molecule has 0 spiro atoms. The van der Waals surface area contributed by atoms with Gasteiger partial charge >= 0.3 is 0 Å². The van der Waals surface area contributed by atoms with Crippen LogP contribution in [0.25, 0.3) is 0 Å². The van der Waals surface area contributed by atoms with Crippen molar-refractivity contribution in [2.75, 3.05) is 0 Å². The summed E-state index contributed by atoms with van der Waals surface area (Å²) < 4.78 is 0. The summed E-state index contributed by atoms with van der Waals surface area (Å²) in [6.45, 7) is 3.93. The van der Waals surface area contributed by atoms with Crippen molar-refractivity contribution in [3.05, 3.63) is 23.8 Å². The second-order valence-corrected chi connectivity index (χ2v) is 2.90. The quantitative estimate of drug-likeness (QED) is 0.606. The van der Waals surface area contributed by atoms with Gasteiger partial charge in [-0.3, -0.25) is 0 Å². The first-order chi connectivity index (χ1) is 5.11. The molecule has 1 aromatic rings. The van der Waals surface area contributed by atoms with Gasteiger partial charge in [0.25, 0.3) is 0 Å². The molecule has 0 saturated carbocycles. The van der Waals surface area contributed by atoms with Gasteiger partial charge in [-0.05, 0) is 24.1 Å². The number of phenolic OH excluding ortho intramolecular Hbond substituents is 2. The zero-order valence-corrected chi connectivity index (χ0v) is 6.70. The van der Waals surface area contributed by atoms with Gasteiger partial charge in [-0.15, -0.1) is 0 Å². The summed E-state index contributed by atoms with van der Waals surface area (Å²) in [7, 11) is 0. The third-order valence-corrected chi connectivity index (χ3v) is 1.63. The zero-order chi connectivity index (χ0) is 8.43. The van der Waals surface area contributed by atoms with E-state index in [1.807, 2.05) is 13.8 Å². The molecule has 0 atom stereocenters. The molecule has 0 fully saturated rings. The first kappa shape index (κ1) is 7.92. The number of phenols is 2. The Bertz CT molecular complexity index is 254. The van der Waals surface area contributed by atoms with Crippen LogP contribution in [-0.4, -0.2) is 10.2 Å². The van der Waals surface area contributed by atoms with Gasteiger partial charge in [-0.2, -0.15) is 0 Å². The normalized spacial score (nSPS) is 10.5. The fraction of sp³-hybridized carbons (Fsp3) is 0.333. The average Bonchev–Trinajstić information content (AvgIpc) is 1.94. The lowest BCUT2D eigenvalue weighted by molar-refractivity contribution is 0.451. The van der Waals surface area contributed by atoms with Gasteiger partial charge in [0.15, 0.2) is 0 Å². The highest BCUT2D eigenvalue weighted by molar-refractivity contribution is 5.40. The summed E-state index contributed by atoms with van der Waals surface area (Å²) in [6.07, 6.45) is 0. The SMILES string of the molecule is CC(C)c1cc(O)ccc1O. The van der Waals surface area contributed by atoms with Crippen LogP contribution >= 0.6 is 0 Å². The lowest BCUT2D eigenvalue weighted by atomic mass is 10.0. The van der Waals surface area contributed by atoms with E-state index in [0.29, 0.717) is 0 Å². The minimum atomic E-state index is 0.200. The monoisotopic (exact) mass is 152 g/mol. The van der Waals surface area contributed by atoms with Crippen molar-refractivity contribution in [2.24, 2.45) is 0 Å². The van der Waals surface area contributed by atoms with Crippen LogP contribution in [0.1, 0.15) is 25.3 Å². The lowest BCUT2D eigenvalue weighted by Crippen LogP contribution is -1.86. The van der Waals surface area contributed by atoms with Crippen molar-refractivity contribution < 1.29 is 10.2 Å². The van der Waals surface area contributed by atoms with Crippen molar-refractivity contribution in [3.8, 4) is 11.5 Å². The molecule has 1 aromatic carbocycles. The maximum Gasteiger partial charge on any atom is 0.119 e. The largest absolute Gasteiger partial charge is 0.508 e. The Balaban J connectivity index is 3.13. The molecular weight excluding hydrogens is 140 g/mol. The summed E-state index contributed by atoms with van der Waals surface area (Å²) in [5, 5.41) is 18.4. The second kappa shape index (κ2) is 2.82. The Morgan fingerprint density at radius 1 is 1.18 bits per heavy atom. The van der Waals surface area contributed by atoms with Crippen LogP contribution in [0, 0.1) is 0 Å². The highest BCUT2D eigenvalue weighted by Gasteiger charge is 2.05. The van der Waals surface area contributed by atoms with Gasteiger partial charge in [-0.1, -0.05) is 13.8 Å². The summed E-state index contributed by atoms with van der Waals surface area (Å²) in [5.41, 5.74) is 0.782. The molecule has 11 heavy (non-hydrogen) atoms.